The monoisotopic (exact) mass is 186 g/mol. The molecule has 3 saturated carbocycles. The summed E-state index contributed by atoms with van der Waals surface area (Å²) in [7, 11) is 0. The lowest BCUT2D eigenvalue weighted by atomic mass is 9.42. The molecular formula is C13H14O. The molecule has 0 aromatic heterocycles. The van der Waals surface area contributed by atoms with E-state index in [1.54, 1.807) is 6.92 Å². The number of benzene rings is 1. The molecule has 0 atom stereocenters. The molecule has 0 spiro atoms. The van der Waals surface area contributed by atoms with Crippen LogP contribution in [0.25, 0.3) is 0 Å². The van der Waals surface area contributed by atoms with E-state index in [9.17, 15) is 4.79 Å². The zero-order valence-electron chi connectivity index (χ0n) is 8.42. The third kappa shape index (κ3) is 0.927. The highest BCUT2D eigenvalue weighted by Crippen LogP contribution is 2.64. The Hall–Kier alpha value is -1.11. The van der Waals surface area contributed by atoms with Crippen molar-refractivity contribution in [1.29, 1.82) is 0 Å². The maximum Gasteiger partial charge on any atom is 0.159 e. The van der Waals surface area contributed by atoms with Gasteiger partial charge in [0, 0.05) is 5.56 Å². The highest BCUT2D eigenvalue weighted by Gasteiger charge is 2.57. The topological polar surface area (TPSA) is 17.1 Å². The average molecular weight is 186 g/mol. The first kappa shape index (κ1) is 8.22. The molecule has 3 fully saturated rings. The fraction of sp³-hybridized carbons (Fsp3) is 0.462. The van der Waals surface area contributed by atoms with Crippen molar-refractivity contribution in [3.63, 3.8) is 0 Å². The van der Waals surface area contributed by atoms with Crippen LogP contribution in [0.3, 0.4) is 0 Å². The predicted molar refractivity (Wildman–Crippen MR) is 55.5 cm³/mol. The molecule has 0 amide bonds. The van der Waals surface area contributed by atoms with Crippen molar-refractivity contribution in [3.8, 4) is 0 Å². The summed E-state index contributed by atoms with van der Waals surface area (Å²) >= 11 is 0. The van der Waals surface area contributed by atoms with Crippen molar-refractivity contribution in [2.75, 3.05) is 0 Å². The van der Waals surface area contributed by atoms with Crippen LogP contribution in [0.1, 0.15) is 42.1 Å². The standard InChI is InChI=1S/C13H14O/c1-9(14)11-2-4-12(5-3-11)13-6-10(7-13)8-13/h2-5,10H,6-8H2,1H3. The van der Waals surface area contributed by atoms with Crippen LogP contribution in [-0.2, 0) is 5.41 Å². The molecule has 0 unspecified atom stereocenters. The Bertz CT molecular complexity index is 371. The quantitative estimate of drug-likeness (QED) is 0.649. The van der Waals surface area contributed by atoms with E-state index < -0.39 is 0 Å². The first-order chi connectivity index (χ1) is 6.70. The fourth-order valence-electron chi connectivity index (χ4n) is 2.89. The van der Waals surface area contributed by atoms with Gasteiger partial charge in [0.15, 0.2) is 5.78 Å². The zero-order chi connectivity index (χ0) is 9.76. The van der Waals surface area contributed by atoms with Gasteiger partial charge in [0.05, 0.1) is 0 Å². The molecule has 4 rings (SSSR count). The van der Waals surface area contributed by atoms with Crippen LogP contribution in [0.4, 0.5) is 0 Å². The van der Waals surface area contributed by atoms with E-state index in [0.29, 0.717) is 5.41 Å². The summed E-state index contributed by atoms with van der Waals surface area (Å²) in [6, 6.07) is 8.23. The van der Waals surface area contributed by atoms with Gasteiger partial charge in [0.25, 0.3) is 0 Å². The fourth-order valence-corrected chi connectivity index (χ4v) is 2.89. The van der Waals surface area contributed by atoms with E-state index in [0.717, 1.165) is 11.5 Å². The van der Waals surface area contributed by atoms with Crippen LogP contribution in [-0.4, -0.2) is 5.78 Å². The summed E-state index contributed by atoms with van der Waals surface area (Å²) in [5.41, 5.74) is 2.81. The minimum absolute atomic E-state index is 0.161. The number of carbonyl (C=O) groups is 1. The van der Waals surface area contributed by atoms with Gasteiger partial charge < -0.3 is 0 Å². The summed E-state index contributed by atoms with van der Waals surface area (Å²) in [5, 5.41) is 0. The van der Waals surface area contributed by atoms with Crippen molar-refractivity contribution in [2.45, 2.75) is 31.6 Å². The number of carbonyl (C=O) groups excluding carboxylic acids is 1. The summed E-state index contributed by atoms with van der Waals surface area (Å²) in [6.45, 7) is 1.62. The van der Waals surface area contributed by atoms with Gasteiger partial charge >= 0.3 is 0 Å². The zero-order valence-corrected chi connectivity index (χ0v) is 8.42. The number of hydrogen-bond acceptors (Lipinski definition) is 1. The Morgan fingerprint density at radius 2 is 1.79 bits per heavy atom. The number of ketones is 1. The lowest BCUT2D eigenvalue weighted by Crippen LogP contribution is -2.55. The molecule has 0 N–H and O–H groups in total. The largest absolute Gasteiger partial charge is 0.295 e. The second-order valence-electron chi connectivity index (χ2n) is 4.89. The minimum atomic E-state index is 0.161. The van der Waals surface area contributed by atoms with Crippen LogP contribution in [0.2, 0.25) is 0 Å². The molecule has 0 aliphatic heterocycles. The maximum absolute atomic E-state index is 11.1. The smallest absolute Gasteiger partial charge is 0.159 e. The highest BCUT2D eigenvalue weighted by atomic mass is 16.1. The van der Waals surface area contributed by atoms with Crippen molar-refractivity contribution in [1.82, 2.24) is 0 Å². The molecule has 1 heteroatoms. The average Bonchev–Trinajstić information content (AvgIpc) is 1.99. The van der Waals surface area contributed by atoms with E-state index in [1.807, 2.05) is 12.1 Å². The van der Waals surface area contributed by atoms with Crippen molar-refractivity contribution < 1.29 is 4.79 Å². The van der Waals surface area contributed by atoms with Crippen LogP contribution < -0.4 is 0 Å². The van der Waals surface area contributed by atoms with Gasteiger partial charge in [-0.2, -0.15) is 0 Å². The number of hydrogen-bond donors (Lipinski definition) is 0. The molecule has 3 aliphatic carbocycles. The molecule has 3 aliphatic rings. The minimum Gasteiger partial charge on any atom is -0.295 e. The van der Waals surface area contributed by atoms with Gasteiger partial charge in [0.1, 0.15) is 0 Å². The molecule has 1 aromatic rings. The van der Waals surface area contributed by atoms with Gasteiger partial charge in [0.2, 0.25) is 0 Å². The summed E-state index contributed by atoms with van der Waals surface area (Å²) in [5.74, 6) is 1.18. The first-order valence-corrected chi connectivity index (χ1v) is 5.31. The maximum atomic E-state index is 11.1. The van der Waals surface area contributed by atoms with Gasteiger partial charge in [-0.05, 0) is 43.1 Å². The van der Waals surface area contributed by atoms with E-state index in [1.165, 1.54) is 24.8 Å². The van der Waals surface area contributed by atoms with Gasteiger partial charge in [-0.25, -0.2) is 0 Å². The Balaban J connectivity index is 1.90. The molecule has 14 heavy (non-hydrogen) atoms. The molecule has 0 saturated heterocycles. The Kier molecular flexibility index (Phi) is 1.45. The third-order valence-electron chi connectivity index (χ3n) is 3.94. The van der Waals surface area contributed by atoms with Crippen LogP contribution in [0, 0.1) is 5.92 Å². The lowest BCUT2D eigenvalue weighted by Gasteiger charge is -2.62. The van der Waals surface area contributed by atoms with E-state index >= 15 is 0 Å². The Labute approximate surface area is 84.1 Å². The van der Waals surface area contributed by atoms with Crippen LogP contribution in [0.15, 0.2) is 24.3 Å². The molecule has 1 aromatic carbocycles. The van der Waals surface area contributed by atoms with Gasteiger partial charge in [-0.3, -0.25) is 4.79 Å². The molecule has 2 bridgehead atoms. The highest BCUT2D eigenvalue weighted by molar-refractivity contribution is 5.94. The first-order valence-electron chi connectivity index (χ1n) is 5.31. The summed E-state index contributed by atoms with van der Waals surface area (Å²) in [6.07, 6.45) is 4.14. The normalized spacial score (nSPS) is 33.1. The third-order valence-corrected chi connectivity index (χ3v) is 3.94. The molecule has 0 heterocycles. The number of Topliss-reactive ketones (excluding diaryl/α,β-unsaturated/α-hetero) is 1. The molecule has 72 valence electrons. The predicted octanol–water partition coefficient (Wildman–Crippen LogP) is 2.94. The van der Waals surface area contributed by atoms with Crippen LogP contribution in [0.5, 0.6) is 0 Å². The summed E-state index contributed by atoms with van der Waals surface area (Å²) < 4.78 is 0. The van der Waals surface area contributed by atoms with Crippen molar-refractivity contribution in [2.24, 2.45) is 5.92 Å². The Morgan fingerprint density at radius 1 is 1.21 bits per heavy atom. The van der Waals surface area contributed by atoms with Gasteiger partial charge in [-0.1, -0.05) is 24.3 Å². The van der Waals surface area contributed by atoms with E-state index in [4.69, 9.17) is 0 Å². The lowest BCUT2D eigenvalue weighted by molar-refractivity contribution is -0.0274. The van der Waals surface area contributed by atoms with Gasteiger partial charge in [-0.15, -0.1) is 0 Å². The van der Waals surface area contributed by atoms with Crippen LogP contribution >= 0.6 is 0 Å². The van der Waals surface area contributed by atoms with Crippen molar-refractivity contribution in [3.05, 3.63) is 35.4 Å². The second-order valence-corrected chi connectivity index (χ2v) is 4.89. The number of rotatable bonds is 2. The SMILES string of the molecule is CC(=O)c1ccc(C23CC(C2)C3)cc1. The second kappa shape index (κ2) is 2.47. The Morgan fingerprint density at radius 3 is 2.14 bits per heavy atom. The van der Waals surface area contributed by atoms with E-state index in [2.05, 4.69) is 12.1 Å². The molecule has 1 nitrogen and oxygen atoms in total. The molecule has 0 radical (unpaired) electrons. The van der Waals surface area contributed by atoms with Crippen molar-refractivity contribution >= 4 is 5.78 Å². The molecular weight excluding hydrogens is 172 g/mol. The van der Waals surface area contributed by atoms with E-state index in [-0.39, 0.29) is 5.78 Å². The summed E-state index contributed by atoms with van der Waals surface area (Å²) in [4.78, 5) is 11.1.